The van der Waals surface area contributed by atoms with Crippen LogP contribution in [-0.2, 0) is 0 Å². The molecule has 1 aromatic carbocycles. The van der Waals surface area contributed by atoms with Gasteiger partial charge in [0.25, 0.3) is 6.43 Å². The molecule has 1 rings (SSSR count). The second kappa shape index (κ2) is 4.72. The molecule has 0 aliphatic heterocycles. The number of alkyl halides is 2. The number of halogens is 2. The van der Waals surface area contributed by atoms with Gasteiger partial charge in [-0.3, -0.25) is 5.41 Å². The average Bonchev–Trinajstić information content (AvgIpc) is 2.17. The van der Waals surface area contributed by atoms with Gasteiger partial charge in [-0.2, -0.15) is 0 Å². The van der Waals surface area contributed by atoms with E-state index < -0.39 is 6.43 Å². The maximum Gasteiger partial charge on any atom is 0.255 e. The highest BCUT2D eigenvalue weighted by Crippen LogP contribution is 2.14. The van der Waals surface area contributed by atoms with Gasteiger partial charge in [-0.15, -0.1) is 0 Å². The molecule has 0 aliphatic rings. The van der Waals surface area contributed by atoms with E-state index in [1.807, 2.05) is 0 Å². The molecule has 0 heterocycles. The van der Waals surface area contributed by atoms with Crippen molar-refractivity contribution >= 4 is 11.5 Å². The molecule has 0 saturated carbocycles. The van der Waals surface area contributed by atoms with Crippen molar-refractivity contribution in [3.63, 3.8) is 0 Å². The zero-order chi connectivity index (χ0) is 11.4. The lowest BCUT2D eigenvalue weighted by Gasteiger charge is -2.18. The first-order chi connectivity index (χ1) is 7.00. The zero-order valence-corrected chi connectivity index (χ0v) is 8.37. The molecule has 15 heavy (non-hydrogen) atoms. The topological polar surface area (TPSA) is 53.1 Å². The Morgan fingerprint density at radius 1 is 1.40 bits per heavy atom. The molecule has 82 valence electrons. The molecule has 0 aliphatic carbocycles. The molecule has 0 radical (unpaired) electrons. The third kappa shape index (κ3) is 3.19. The highest BCUT2D eigenvalue weighted by Gasteiger charge is 2.08. The van der Waals surface area contributed by atoms with Crippen LogP contribution in [0.1, 0.15) is 5.56 Å². The SMILES string of the molecule is CN(CC(F)F)c1ccc(C(=N)N)cc1. The van der Waals surface area contributed by atoms with Crippen LogP contribution in [0.2, 0.25) is 0 Å². The zero-order valence-electron chi connectivity index (χ0n) is 8.37. The predicted molar refractivity (Wildman–Crippen MR) is 56.7 cm³/mol. The summed E-state index contributed by atoms with van der Waals surface area (Å²) in [5, 5.41) is 7.17. The third-order valence-corrected chi connectivity index (χ3v) is 2.03. The van der Waals surface area contributed by atoms with Gasteiger partial charge >= 0.3 is 0 Å². The Kier molecular flexibility index (Phi) is 3.60. The van der Waals surface area contributed by atoms with Gasteiger partial charge in [0.2, 0.25) is 0 Å². The van der Waals surface area contributed by atoms with Crippen LogP contribution in [0, 0.1) is 5.41 Å². The van der Waals surface area contributed by atoms with Gasteiger partial charge in [0.1, 0.15) is 5.84 Å². The number of hydrogen-bond donors (Lipinski definition) is 2. The third-order valence-electron chi connectivity index (χ3n) is 2.03. The molecular formula is C10H13F2N3. The second-order valence-electron chi connectivity index (χ2n) is 3.23. The summed E-state index contributed by atoms with van der Waals surface area (Å²) >= 11 is 0. The Morgan fingerprint density at radius 2 is 1.93 bits per heavy atom. The summed E-state index contributed by atoms with van der Waals surface area (Å²) < 4.78 is 24.2. The number of nitrogens with two attached hydrogens (primary N) is 1. The smallest absolute Gasteiger partial charge is 0.255 e. The van der Waals surface area contributed by atoms with Crippen LogP contribution in [0.3, 0.4) is 0 Å². The van der Waals surface area contributed by atoms with Crippen LogP contribution in [0.15, 0.2) is 24.3 Å². The minimum absolute atomic E-state index is 0.0296. The summed E-state index contributed by atoms with van der Waals surface area (Å²) in [6.07, 6.45) is -2.36. The minimum atomic E-state index is -2.36. The fourth-order valence-electron chi connectivity index (χ4n) is 1.21. The summed E-state index contributed by atoms with van der Waals surface area (Å²) in [4.78, 5) is 1.45. The molecule has 0 spiro atoms. The van der Waals surface area contributed by atoms with Gasteiger partial charge in [0, 0.05) is 18.3 Å². The van der Waals surface area contributed by atoms with Gasteiger partial charge in [-0.05, 0) is 24.3 Å². The van der Waals surface area contributed by atoms with Crippen LogP contribution in [-0.4, -0.2) is 25.9 Å². The largest absolute Gasteiger partial charge is 0.384 e. The van der Waals surface area contributed by atoms with E-state index in [0.29, 0.717) is 11.3 Å². The van der Waals surface area contributed by atoms with Crippen LogP contribution >= 0.6 is 0 Å². The number of rotatable bonds is 4. The number of anilines is 1. The number of hydrogen-bond acceptors (Lipinski definition) is 2. The fraction of sp³-hybridized carbons (Fsp3) is 0.300. The van der Waals surface area contributed by atoms with Crippen LogP contribution in [0.25, 0.3) is 0 Å². The number of amidine groups is 1. The molecule has 3 N–H and O–H groups in total. The highest BCUT2D eigenvalue weighted by molar-refractivity contribution is 5.95. The van der Waals surface area contributed by atoms with E-state index in [-0.39, 0.29) is 12.4 Å². The molecule has 0 saturated heterocycles. The monoisotopic (exact) mass is 213 g/mol. The van der Waals surface area contributed by atoms with Gasteiger partial charge in [0.15, 0.2) is 0 Å². The normalized spacial score (nSPS) is 10.4. The summed E-state index contributed by atoms with van der Waals surface area (Å²) in [5.74, 6) is -0.0296. The average molecular weight is 213 g/mol. The van der Waals surface area contributed by atoms with Crippen molar-refractivity contribution in [1.82, 2.24) is 0 Å². The number of nitrogens with one attached hydrogen (secondary N) is 1. The van der Waals surface area contributed by atoms with E-state index in [4.69, 9.17) is 11.1 Å². The second-order valence-corrected chi connectivity index (χ2v) is 3.23. The van der Waals surface area contributed by atoms with Gasteiger partial charge in [-0.1, -0.05) is 0 Å². The number of nitrogens with zero attached hydrogens (tertiary/aromatic N) is 1. The first-order valence-corrected chi connectivity index (χ1v) is 4.44. The predicted octanol–water partition coefficient (Wildman–Crippen LogP) is 1.67. The molecule has 5 heteroatoms. The van der Waals surface area contributed by atoms with Crippen molar-refractivity contribution < 1.29 is 8.78 Å². The van der Waals surface area contributed by atoms with E-state index in [2.05, 4.69) is 0 Å². The van der Waals surface area contributed by atoms with Crippen molar-refractivity contribution in [3.8, 4) is 0 Å². The van der Waals surface area contributed by atoms with Crippen molar-refractivity contribution in [2.24, 2.45) is 5.73 Å². The summed E-state index contributed by atoms with van der Waals surface area (Å²) in [5.41, 5.74) is 6.54. The fourth-order valence-corrected chi connectivity index (χ4v) is 1.21. The lowest BCUT2D eigenvalue weighted by molar-refractivity contribution is 0.156. The van der Waals surface area contributed by atoms with Crippen LogP contribution in [0.4, 0.5) is 14.5 Å². The van der Waals surface area contributed by atoms with Gasteiger partial charge in [0.05, 0.1) is 6.54 Å². The lowest BCUT2D eigenvalue weighted by Crippen LogP contribution is -2.24. The van der Waals surface area contributed by atoms with E-state index >= 15 is 0 Å². The summed E-state index contributed by atoms with van der Waals surface area (Å²) in [6, 6.07) is 6.61. The van der Waals surface area contributed by atoms with Crippen molar-refractivity contribution in [2.45, 2.75) is 6.43 Å². The van der Waals surface area contributed by atoms with E-state index in [1.165, 1.54) is 4.90 Å². The maximum absolute atomic E-state index is 12.1. The molecule has 0 amide bonds. The summed E-state index contributed by atoms with van der Waals surface area (Å²) in [6.45, 7) is -0.306. The van der Waals surface area contributed by atoms with Crippen molar-refractivity contribution in [2.75, 3.05) is 18.5 Å². The Labute approximate surface area is 87.0 Å². The molecule has 3 nitrogen and oxygen atoms in total. The Bertz CT molecular complexity index is 335. The highest BCUT2D eigenvalue weighted by atomic mass is 19.3. The van der Waals surface area contributed by atoms with Gasteiger partial charge in [-0.25, -0.2) is 8.78 Å². The van der Waals surface area contributed by atoms with Crippen molar-refractivity contribution in [3.05, 3.63) is 29.8 Å². The molecule has 0 aromatic heterocycles. The molecule has 0 atom stereocenters. The van der Waals surface area contributed by atoms with Crippen LogP contribution < -0.4 is 10.6 Å². The summed E-state index contributed by atoms with van der Waals surface area (Å²) in [7, 11) is 1.59. The van der Waals surface area contributed by atoms with E-state index in [1.54, 1.807) is 31.3 Å². The number of benzene rings is 1. The minimum Gasteiger partial charge on any atom is -0.384 e. The lowest BCUT2D eigenvalue weighted by atomic mass is 10.2. The molecular weight excluding hydrogens is 200 g/mol. The standard InChI is InChI=1S/C10H13F2N3/c1-15(6-9(11)12)8-4-2-7(3-5-8)10(13)14/h2-5,9H,6H2,1H3,(H3,13,14). The first-order valence-electron chi connectivity index (χ1n) is 4.44. The molecule has 0 fully saturated rings. The first kappa shape index (κ1) is 11.4. The Hall–Kier alpha value is -1.65. The quantitative estimate of drug-likeness (QED) is 0.590. The molecule has 1 aromatic rings. The van der Waals surface area contributed by atoms with E-state index in [0.717, 1.165) is 0 Å². The Morgan fingerprint density at radius 3 is 2.33 bits per heavy atom. The van der Waals surface area contributed by atoms with Gasteiger partial charge < -0.3 is 10.6 Å². The number of nitrogen functional groups attached to an aromatic ring is 1. The Balaban J connectivity index is 2.75. The van der Waals surface area contributed by atoms with E-state index in [9.17, 15) is 8.78 Å². The van der Waals surface area contributed by atoms with Crippen LogP contribution in [0.5, 0.6) is 0 Å². The maximum atomic E-state index is 12.1. The molecule has 0 bridgehead atoms. The molecule has 0 unspecified atom stereocenters. The van der Waals surface area contributed by atoms with Crippen molar-refractivity contribution in [1.29, 1.82) is 5.41 Å².